The van der Waals surface area contributed by atoms with E-state index in [1.54, 1.807) is 16.8 Å². The molecular formula is C37H42ClF4N7O2S. The summed E-state index contributed by atoms with van der Waals surface area (Å²) in [6.07, 6.45) is 3.83. The molecule has 3 saturated heterocycles. The molecule has 3 aliphatic heterocycles. The Balaban J connectivity index is 0.000000361. The van der Waals surface area contributed by atoms with Crippen molar-refractivity contribution in [3.8, 4) is 23.2 Å². The summed E-state index contributed by atoms with van der Waals surface area (Å²) in [7, 11) is 3.11. The molecule has 4 fully saturated rings. The average Bonchev–Trinajstić information content (AvgIpc) is 3.44. The number of nitrogens with zero attached hydrogens (tertiary/aromatic N) is 6. The van der Waals surface area contributed by atoms with Crippen LogP contribution in [0.5, 0.6) is 6.01 Å². The molecule has 4 atom stereocenters. The van der Waals surface area contributed by atoms with Gasteiger partial charge in [-0.25, -0.2) is 17.6 Å². The van der Waals surface area contributed by atoms with Gasteiger partial charge in [-0.1, -0.05) is 31.5 Å². The van der Waals surface area contributed by atoms with Gasteiger partial charge in [-0.2, -0.15) is 15.2 Å². The predicted octanol–water partition coefficient (Wildman–Crippen LogP) is 8.05. The Morgan fingerprint density at radius 3 is 2.60 bits per heavy atom. The highest BCUT2D eigenvalue weighted by molar-refractivity contribution is 7.23. The van der Waals surface area contributed by atoms with Gasteiger partial charge >= 0.3 is 6.01 Å². The maximum absolute atomic E-state index is 16.5. The number of anilines is 2. The van der Waals surface area contributed by atoms with Crippen molar-refractivity contribution in [3.63, 3.8) is 0 Å². The second-order valence-corrected chi connectivity index (χ2v) is 15.0. The number of halogens is 5. The Bertz CT molecular complexity index is 2040. The van der Waals surface area contributed by atoms with Gasteiger partial charge in [0.25, 0.3) is 5.91 Å². The number of rotatable bonds is 5. The lowest BCUT2D eigenvalue weighted by molar-refractivity contribution is -0.138. The SMILES string of the molecule is CC.COc1nc(N(C)C2CCN(C(=O)C3(F)CC3)C2C)c2cc(Cl)c(-c3ccc(F)c4sc(N)c(C#N)c34)c(F)c2n1.FC1CC2CCCN2C1. The van der Waals surface area contributed by atoms with E-state index in [1.807, 2.05) is 26.8 Å². The largest absolute Gasteiger partial charge is 0.467 e. The quantitative estimate of drug-likeness (QED) is 0.204. The summed E-state index contributed by atoms with van der Waals surface area (Å²) in [5, 5.41) is 10.3. The lowest BCUT2D eigenvalue weighted by Gasteiger charge is -2.32. The number of benzene rings is 2. The van der Waals surface area contributed by atoms with Gasteiger partial charge in [0.05, 0.1) is 28.4 Å². The molecule has 0 radical (unpaired) electrons. The number of nitrogen functional groups attached to an aromatic ring is 1. The Kier molecular flexibility index (Phi) is 10.8. The van der Waals surface area contributed by atoms with Crippen LogP contribution in [0.2, 0.25) is 5.02 Å². The van der Waals surface area contributed by atoms with E-state index in [0.717, 1.165) is 24.3 Å². The molecule has 4 aliphatic rings. The zero-order chi connectivity index (χ0) is 37.6. The van der Waals surface area contributed by atoms with E-state index in [-0.39, 0.29) is 78.6 Å². The molecule has 1 aliphatic carbocycles. The number of nitrogens with two attached hydrogens (primary N) is 1. The van der Waals surface area contributed by atoms with Crippen LogP contribution in [-0.4, -0.2) is 89.4 Å². The minimum Gasteiger partial charge on any atom is -0.467 e. The van der Waals surface area contributed by atoms with Gasteiger partial charge in [-0.05, 0) is 69.7 Å². The summed E-state index contributed by atoms with van der Waals surface area (Å²) >= 11 is 7.60. The number of carbonyl (C=O) groups excluding carboxylic acids is 1. The van der Waals surface area contributed by atoms with Gasteiger partial charge in [-0.15, -0.1) is 11.3 Å². The maximum Gasteiger partial charge on any atom is 0.318 e. The van der Waals surface area contributed by atoms with Gasteiger partial charge in [0.15, 0.2) is 11.5 Å². The minimum absolute atomic E-state index is 0.00985. The van der Waals surface area contributed by atoms with Crippen LogP contribution >= 0.6 is 22.9 Å². The Hall–Kier alpha value is -3.93. The summed E-state index contributed by atoms with van der Waals surface area (Å²) in [6.45, 7) is 8.09. The molecule has 0 spiro atoms. The lowest BCUT2D eigenvalue weighted by atomic mass is 9.97. The van der Waals surface area contributed by atoms with E-state index >= 15 is 4.39 Å². The Labute approximate surface area is 309 Å². The summed E-state index contributed by atoms with van der Waals surface area (Å²) in [5.41, 5.74) is 4.26. The van der Waals surface area contributed by atoms with Gasteiger partial charge < -0.3 is 20.3 Å². The number of likely N-dealkylation sites (tertiary alicyclic amines) is 1. The zero-order valence-corrected chi connectivity index (χ0v) is 31.4. The van der Waals surface area contributed by atoms with Crippen LogP contribution in [0.4, 0.5) is 28.4 Å². The number of amides is 1. The third kappa shape index (κ3) is 6.60. The van der Waals surface area contributed by atoms with Crippen molar-refractivity contribution in [1.82, 2.24) is 19.8 Å². The fraction of sp³-hybridized carbons (Fsp3) is 0.514. The molecule has 15 heteroatoms. The highest BCUT2D eigenvalue weighted by Crippen LogP contribution is 2.47. The maximum atomic E-state index is 16.5. The summed E-state index contributed by atoms with van der Waals surface area (Å²) in [4.78, 5) is 27.2. The smallest absolute Gasteiger partial charge is 0.318 e. The fourth-order valence-corrected chi connectivity index (χ4v) is 9.01. The number of hydrogen-bond donors (Lipinski definition) is 1. The van der Waals surface area contributed by atoms with Gasteiger partial charge in [0.1, 0.15) is 34.4 Å². The molecule has 52 heavy (non-hydrogen) atoms. The Morgan fingerprint density at radius 2 is 1.94 bits per heavy atom. The molecule has 4 unspecified atom stereocenters. The number of hydrogen-bond acceptors (Lipinski definition) is 9. The number of likely N-dealkylation sites (N-methyl/N-ethyl adjacent to an activating group) is 1. The number of aromatic nitrogens is 2. The normalized spacial score (nSPS) is 23.1. The second-order valence-electron chi connectivity index (χ2n) is 13.5. The molecular weight excluding hydrogens is 718 g/mol. The van der Waals surface area contributed by atoms with E-state index in [4.69, 9.17) is 22.1 Å². The fourth-order valence-electron chi connectivity index (χ4n) is 7.77. The van der Waals surface area contributed by atoms with Gasteiger partial charge in [0, 0.05) is 48.6 Å². The van der Waals surface area contributed by atoms with Gasteiger partial charge in [-0.3, -0.25) is 9.69 Å². The van der Waals surface area contributed by atoms with Crippen LogP contribution in [0.3, 0.4) is 0 Å². The zero-order valence-electron chi connectivity index (χ0n) is 29.8. The van der Waals surface area contributed by atoms with Crippen molar-refractivity contribution in [1.29, 1.82) is 5.26 Å². The number of nitriles is 1. The summed E-state index contributed by atoms with van der Waals surface area (Å²) in [6, 6.07) is 5.94. The number of ether oxygens (including phenoxy) is 1. The van der Waals surface area contributed by atoms with Crippen molar-refractivity contribution in [2.75, 3.05) is 44.4 Å². The molecule has 2 aromatic heterocycles. The molecule has 0 bridgehead atoms. The van der Waals surface area contributed by atoms with E-state index < -0.39 is 29.4 Å². The molecule has 5 heterocycles. The third-order valence-corrected chi connectivity index (χ3v) is 11.9. The monoisotopic (exact) mass is 759 g/mol. The van der Waals surface area contributed by atoms with Crippen LogP contribution in [-0.2, 0) is 4.79 Å². The van der Waals surface area contributed by atoms with Crippen molar-refractivity contribution in [2.24, 2.45) is 0 Å². The molecule has 1 amide bonds. The number of alkyl halides is 2. The van der Waals surface area contributed by atoms with Crippen LogP contribution in [0.15, 0.2) is 18.2 Å². The number of thiophene rings is 1. The van der Waals surface area contributed by atoms with Crippen LogP contribution in [0.25, 0.3) is 32.1 Å². The first-order valence-electron chi connectivity index (χ1n) is 17.6. The van der Waals surface area contributed by atoms with Crippen LogP contribution in [0.1, 0.15) is 64.9 Å². The number of methoxy groups -OCH3 is 1. The van der Waals surface area contributed by atoms with Crippen molar-refractivity contribution < 1.29 is 27.1 Å². The molecule has 9 nitrogen and oxygen atoms in total. The molecule has 8 rings (SSSR count). The topological polar surface area (TPSA) is 112 Å². The molecule has 2 aromatic carbocycles. The highest BCUT2D eigenvalue weighted by atomic mass is 35.5. The molecule has 2 N–H and O–H groups in total. The van der Waals surface area contributed by atoms with Crippen molar-refractivity contribution in [3.05, 3.63) is 40.4 Å². The van der Waals surface area contributed by atoms with Crippen molar-refractivity contribution in [2.45, 2.75) is 89.3 Å². The second kappa shape index (κ2) is 14.8. The van der Waals surface area contributed by atoms with E-state index in [0.29, 0.717) is 31.4 Å². The number of fused-ring (bicyclic) bond motifs is 3. The van der Waals surface area contributed by atoms with E-state index in [1.165, 1.54) is 38.2 Å². The number of carbonyl (C=O) groups is 1. The van der Waals surface area contributed by atoms with Crippen molar-refractivity contribution >= 4 is 60.7 Å². The van der Waals surface area contributed by atoms with E-state index in [9.17, 15) is 23.2 Å². The third-order valence-electron chi connectivity index (χ3n) is 10.6. The van der Waals surface area contributed by atoms with Crippen LogP contribution < -0.4 is 15.4 Å². The molecule has 4 aromatic rings. The minimum atomic E-state index is -1.77. The van der Waals surface area contributed by atoms with Crippen LogP contribution in [0, 0.1) is 23.0 Å². The van der Waals surface area contributed by atoms with Gasteiger partial charge in [0.2, 0.25) is 0 Å². The molecule has 278 valence electrons. The first-order valence-corrected chi connectivity index (χ1v) is 18.8. The lowest BCUT2D eigenvalue weighted by Crippen LogP contribution is -2.47. The first-order chi connectivity index (χ1) is 24.9. The first kappa shape index (κ1) is 37.8. The Morgan fingerprint density at radius 1 is 1.21 bits per heavy atom. The summed E-state index contributed by atoms with van der Waals surface area (Å²) < 4.78 is 63.7. The van der Waals surface area contributed by atoms with E-state index in [2.05, 4.69) is 14.9 Å². The average molecular weight is 760 g/mol. The molecule has 1 saturated carbocycles. The summed E-state index contributed by atoms with van der Waals surface area (Å²) in [5.74, 6) is -1.59. The highest BCUT2D eigenvalue weighted by Gasteiger charge is 2.55. The standard InChI is InChI=1S/C28H24ClF3N6O2S.C7H12FN.C2H6/c1-12-18(6-9-38(12)26(39)28(32)7-8-28)37(2)25-14-10-16(29)20(21(31)22(14)35-27(36-25)40-3)13-4-5-17(30)23-19(13)15(11-33)24(34)41-23;8-6-4-7-2-1-3-9(7)5-6;1-2/h4-5,10,12,18H,6-9,34H2,1-3H3;6-7H,1-5H2;1-2H3. The predicted molar refractivity (Wildman–Crippen MR) is 197 cm³/mol.